The van der Waals surface area contributed by atoms with Crippen LogP contribution in [0, 0.1) is 13.8 Å². The van der Waals surface area contributed by atoms with Gasteiger partial charge in [0.1, 0.15) is 11.3 Å². The molecule has 0 amide bonds. The monoisotopic (exact) mass is 403 g/mol. The number of rotatable bonds is 4. The van der Waals surface area contributed by atoms with Gasteiger partial charge >= 0.3 is 5.69 Å². The Morgan fingerprint density at radius 1 is 1.17 bits per heavy atom. The molecule has 5 rings (SSSR count). The van der Waals surface area contributed by atoms with Gasteiger partial charge in [-0.1, -0.05) is 0 Å². The number of fused-ring (bicyclic) bond motifs is 1. The first kappa shape index (κ1) is 18.4. The van der Waals surface area contributed by atoms with E-state index in [1.807, 2.05) is 31.2 Å². The summed E-state index contributed by atoms with van der Waals surface area (Å²) < 4.78 is 13.1. The standard InChI is InChI=1S/C23H21N3O4/c1-13-12-16(30-22-18-9-11-29-19(18)8-10-24-22)6-7-17(13)20-14(2)21(27)25-23(28)26(20)15-4-3-5-15/h6-12,15H,3-5H2,1-2H3,(H,25,27,28). The molecule has 1 aromatic carbocycles. The minimum absolute atomic E-state index is 0.126. The zero-order valence-corrected chi connectivity index (χ0v) is 16.8. The lowest BCUT2D eigenvalue weighted by Crippen LogP contribution is -2.37. The Labute approximate surface area is 172 Å². The lowest BCUT2D eigenvalue weighted by atomic mass is 9.91. The second kappa shape index (κ2) is 7.02. The molecule has 1 saturated carbocycles. The van der Waals surface area contributed by atoms with Crippen molar-refractivity contribution in [2.24, 2.45) is 0 Å². The summed E-state index contributed by atoms with van der Waals surface area (Å²) in [7, 11) is 0. The summed E-state index contributed by atoms with van der Waals surface area (Å²) in [5.74, 6) is 1.09. The first-order valence-corrected chi connectivity index (χ1v) is 9.99. The number of nitrogens with zero attached hydrogens (tertiary/aromatic N) is 2. The van der Waals surface area contributed by atoms with Crippen molar-refractivity contribution in [3.63, 3.8) is 0 Å². The lowest BCUT2D eigenvalue weighted by Gasteiger charge is -2.30. The Morgan fingerprint density at radius 2 is 2.00 bits per heavy atom. The van der Waals surface area contributed by atoms with Crippen LogP contribution in [0.15, 0.2) is 56.8 Å². The quantitative estimate of drug-likeness (QED) is 0.543. The molecule has 0 aliphatic heterocycles. The average molecular weight is 403 g/mol. The van der Waals surface area contributed by atoms with Crippen LogP contribution in [0.1, 0.15) is 36.4 Å². The predicted molar refractivity (Wildman–Crippen MR) is 113 cm³/mol. The number of nitrogens with one attached hydrogen (secondary N) is 1. The van der Waals surface area contributed by atoms with Gasteiger partial charge in [-0.2, -0.15) is 0 Å². The zero-order valence-electron chi connectivity index (χ0n) is 16.8. The third-order valence-corrected chi connectivity index (χ3v) is 5.83. The largest absolute Gasteiger partial charge is 0.464 e. The fraction of sp³-hybridized carbons (Fsp3) is 0.261. The maximum absolute atomic E-state index is 12.6. The lowest BCUT2D eigenvalue weighted by molar-refractivity contribution is 0.305. The molecule has 0 spiro atoms. The molecule has 3 heterocycles. The van der Waals surface area contributed by atoms with Crippen LogP contribution in [0.25, 0.3) is 22.2 Å². The summed E-state index contributed by atoms with van der Waals surface area (Å²) in [5.41, 5.74) is 3.01. The molecule has 152 valence electrons. The van der Waals surface area contributed by atoms with Crippen LogP contribution in [-0.4, -0.2) is 14.5 Å². The van der Waals surface area contributed by atoms with Crippen LogP contribution in [0.2, 0.25) is 0 Å². The third-order valence-electron chi connectivity index (χ3n) is 5.83. The Morgan fingerprint density at radius 3 is 2.73 bits per heavy atom. The van der Waals surface area contributed by atoms with Crippen LogP contribution >= 0.6 is 0 Å². The highest BCUT2D eigenvalue weighted by atomic mass is 16.5. The molecule has 1 aliphatic rings. The van der Waals surface area contributed by atoms with Crippen molar-refractivity contribution in [3.05, 3.63) is 74.8 Å². The van der Waals surface area contributed by atoms with E-state index in [-0.39, 0.29) is 17.3 Å². The second-order valence-corrected chi connectivity index (χ2v) is 7.71. The molecule has 7 heteroatoms. The number of pyridine rings is 1. The van der Waals surface area contributed by atoms with Gasteiger partial charge in [-0.25, -0.2) is 9.78 Å². The van der Waals surface area contributed by atoms with Gasteiger partial charge < -0.3 is 9.15 Å². The maximum Gasteiger partial charge on any atom is 0.329 e. The highest BCUT2D eigenvalue weighted by molar-refractivity contribution is 5.82. The van der Waals surface area contributed by atoms with Gasteiger partial charge in [-0.05, 0) is 69.0 Å². The van der Waals surface area contributed by atoms with E-state index in [1.165, 1.54) is 0 Å². The fourth-order valence-electron chi connectivity index (χ4n) is 3.99. The van der Waals surface area contributed by atoms with Crippen molar-refractivity contribution < 1.29 is 9.15 Å². The number of aromatic amines is 1. The van der Waals surface area contributed by atoms with Gasteiger partial charge in [0, 0.05) is 23.4 Å². The summed E-state index contributed by atoms with van der Waals surface area (Å²) >= 11 is 0. The van der Waals surface area contributed by atoms with E-state index in [9.17, 15) is 9.59 Å². The number of furan rings is 1. The summed E-state index contributed by atoms with van der Waals surface area (Å²) in [5, 5.41) is 0.795. The minimum atomic E-state index is -0.346. The Balaban J connectivity index is 1.59. The summed E-state index contributed by atoms with van der Waals surface area (Å²) in [6.45, 7) is 3.71. The van der Waals surface area contributed by atoms with Gasteiger partial charge in [0.05, 0.1) is 17.3 Å². The number of benzene rings is 1. The Kier molecular flexibility index (Phi) is 4.31. The number of aryl methyl sites for hydroxylation is 1. The molecule has 1 fully saturated rings. The second-order valence-electron chi connectivity index (χ2n) is 7.71. The Hall–Kier alpha value is -3.61. The first-order chi connectivity index (χ1) is 14.5. The molecule has 0 saturated heterocycles. The van der Waals surface area contributed by atoms with Gasteiger partial charge in [0.15, 0.2) is 0 Å². The molecular weight excluding hydrogens is 382 g/mol. The smallest absolute Gasteiger partial charge is 0.329 e. The molecule has 0 radical (unpaired) electrons. The van der Waals surface area contributed by atoms with E-state index in [2.05, 4.69) is 9.97 Å². The van der Waals surface area contributed by atoms with Crippen molar-refractivity contribution >= 4 is 11.0 Å². The van der Waals surface area contributed by atoms with E-state index < -0.39 is 0 Å². The molecule has 0 atom stereocenters. The highest BCUT2D eigenvalue weighted by Crippen LogP contribution is 2.37. The molecule has 0 unspecified atom stereocenters. The molecule has 30 heavy (non-hydrogen) atoms. The SMILES string of the molecule is Cc1cc(Oc2nccc3occc23)ccc1-c1c(C)c(=O)[nH]c(=O)n1C1CCC1. The van der Waals surface area contributed by atoms with Gasteiger partial charge in [-0.15, -0.1) is 0 Å². The van der Waals surface area contributed by atoms with Gasteiger partial charge in [-0.3, -0.25) is 14.3 Å². The normalized spacial score (nSPS) is 14.1. The van der Waals surface area contributed by atoms with E-state index in [1.54, 1.807) is 30.0 Å². The van der Waals surface area contributed by atoms with E-state index in [4.69, 9.17) is 9.15 Å². The number of H-pyrrole nitrogens is 1. The summed E-state index contributed by atoms with van der Waals surface area (Å²) in [4.78, 5) is 31.7. The fourth-order valence-corrected chi connectivity index (χ4v) is 3.99. The summed E-state index contributed by atoms with van der Waals surface area (Å²) in [6.07, 6.45) is 6.22. The molecule has 1 aliphatic carbocycles. The number of aromatic nitrogens is 3. The van der Waals surface area contributed by atoms with Crippen molar-refractivity contribution in [1.82, 2.24) is 14.5 Å². The van der Waals surface area contributed by atoms with Crippen LogP contribution in [-0.2, 0) is 0 Å². The van der Waals surface area contributed by atoms with Gasteiger partial charge in [0.25, 0.3) is 5.56 Å². The van der Waals surface area contributed by atoms with Crippen LogP contribution in [0.4, 0.5) is 0 Å². The molecule has 0 bridgehead atoms. The molecule has 4 aromatic rings. The van der Waals surface area contributed by atoms with E-state index >= 15 is 0 Å². The maximum atomic E-state index is 12.6. The van der Waals surface area contributed by atoms with Crippen molar-refractivity contribution in [1.29, 1.82) is 0 Å². The topological polar surface area (TPSA) is 90.1 Å². The molecular formula is C23H21N3O4. The minimum Gasteiger partial charge on any atom is -0.464 e. The molecule has 1 N–H and O–H groups in total. The van der Waals surface area contributed by atoms with Crippen molar-refractivity contribution in [2.75, 3.05) is 0 Å². The number of hydrogen-bond acceptors (Lipinski definition) is 5. The number of ether oxygens (including phenoxy) is 1. The summed E-state index contributed by atoms with van der Waals surface area (Å²) in [6, 6.07) is 9.35. The first-order valence-electron chi connectivity index (χ1n) is 9.99. The molecule has 7 nitrogen and oxygen atoms in total. The van der Waals surface area contributed by atoms with Crippen LogP contribution in [0.3, 0.4) is 0 Å². The Bertz CT molecular complexity index is 1380. The third kappa shape index (κ3) is 2.94. The number of hydrogen-bond donors (Lipinski definition) is 1. The van der Waals surface area contributed by atoms with E-state index in [0.29, 0.717) is 28.5 Å². The van der Waals surface area contributed by atoms with Crippen LogP contribution in [0.5, 0.6) is 11.6 Å². The molecule has 3 aromatic heterocycles. The predicted octanol–water partition coefficient (Wildman–Crippen LogP) is 4.48. The zero-order chi connectivity index (χ0) is 20.8. The van der Waals surface area contributed by atoms with Crippen molar-refractivity contribution in [3.8, 4) is 22.9 Å². The highest BCUT2D eigenvalue weighted by Gasteiger charge is 2.26. The van der Waals surface area contributed by atoms with Gasteiger partial charge in [0.2, 0.25) is 5.88 Å². The van der Waals surface area contributed by atoms with E-state index in [0.717, 1.165) is 35.8 Å². The average Bonchev–Trinajstić information content (AvgIpc) is 3.16. The van der Waals surface area contributed by atoms with Crippen molar-refractivity contribution in [2.45, 2.75) is 39.2 Å². The van der Waals surface area contributed by atoms with Crippen LogP contribution < -0.4 is 16.0 Å².